The topological polar surface area (TPSA) is 44.8 Å². The van der Waals surface area contributed by atoms with Crippen LogP contribution in [0.2, 0.25) is 0 Å². The Bertz CT molecular complexity index is 360. The number of carbonyl (C=O) groups excluding carboxylic acids is 1. The van der Waals surface area contributed by atoms with E-state index in [9.17, 15) is 4.79 Å². The van der Waals surface area contributed by atoms with Crippen LogP contribution in [-0.2, 0) is 11.2 Å². The van der Waals surface area contributed by atoms with Crippen LogP contribution in [0.3, 0.4) is 0 Å². The predicted octanol–water partition coefficient (Wildman–Crippen LogP) is 1.71. The van der Waals surface area contributed by atoms with Crippen molar-refractivity contribution in [1.29, 1.82) is 0 Å². The number of hydrogen-bond donors (Lipinski definition) is 0. The molecule has 0 spiro atoms. The van der Waals surface area contributed by atoms with Crippen LogP contribution in [0.25, 0.3) is 0 Å². The third-order valence-corrected chi connectivity index (χ3v) is 2.34. The summed E-state index contributed by atoms with van der Waals surface area (Å²) in [5.74, 6) is 1.24. The van der Waals surface area contributed by atoms with Gasteiger partial charge in [-0.1, -0.05) is 0 Å². The van der Waals surface area contributed by atoms with Crippen molar-refractivity contribution in [2.75, 3.05) is 27.9 Å². The Morgan fingerprint density at radius 3 is 2.31 bits per heavy atom. The molecule has 4 heteroatoms. The van der Waals surface area contributed by atoms with Gasteiger partial charge < -0.3 is 14.2 Å². The molecule has 0 aliphatic rings. The van der Waals surface area contributed by atoms with Crippen molar-refractivity contribution in [3.8, 4) is 11.5 Å². The molecule has 0 aliphatic heterocycles. The second-order valence-corrected chi connectivity index (χ2v) is 3.27. The van der Waals surface area contributed by atoms with Gasteiger partial charge in [-0.05, 0) is 18.6 Å². The fourth-order valence-electron chi connectivity index (χ4n) is 1.48. The third kappa shape index (κ3) is 2.73. The molecule has 0 aromatic heterocycles. The Morgan fingerprint density at radius 2 is 1.81 bits per heavy atom. The number of methoxy groups -OCH3 is 3. The molecule has 4 nitrogen and oxygen atoms in total. The van der Waals surface area contributed by atoms with Crippen LogP contribution < -0.4 is 9.47 Å². The van der Waals surface area contributed by atoms with Gasteiger partial charge in [0.15, 0.2) is 6.29 Å². The van der Waals surface area contributed by atoms with Crippen molar-refractivity contribution in [1.82, 2.24) is 0 Å². The number of aldehydes is 1. The highest BCUT2D eigenvalue weighted by Crippen LogP contribution is 2.28. The summed E-state index contributed by atoms with van der Waals surface area (Å²) in [7, 11) is 4.76. The zero-order chi connectivity index (χ0) is 12.0. The molecule has 0 fully saturated rings. The van der Waals surface area contributed by atoms with E-state index < -0.39 is 0 Å². The minimum Gasteiger partial charge on any atom is -0.496 e. The maximum absolute atomic E-state index is 10.8. The maximum atomic E-state index is 10.8. The van der Waals surface area contributed by atoms with Crippen molar-refractivity contribution in [3.05, 3.63) is 23.3 Å². The van der Waals surface area contributed by atoms with E-state index >= 15 is 0 Å². The molecular weight excluding hydrogens is 208 g/mol. The van der Waals surface area contributed by atoms with Crippen LogP contribution in [0.1, 0.15) is 15.9 Å². The highest BCUT2D eigenvalue weighted by molar-refractivity contribution is 5.80. The van der Waals surface area contributed by atoms with E-state index in [-0.39, 0.29) is 0 Å². The van der Waals surface area contributed by atoms with Crippen LogP contribution in [0.15, 0.2) is 12.1 Å². The van der Waals surface area contributed by atoms with Gasteiger partial charge in [0.05, 0.1) is 26.4 Å². The number of ether oxygens (including phenoxy) is 3. The normalized spacial score (nSPS) is 9.94. The highest BCUT2D eigenvalue weighted by Gasteiger charge is 2.10. The van der Waals surface area contributed by atoms with Gasteiger partial charge >= 0.3 is 0 Å². The lowest BCUT2D eigenvalue weighted by Crippen LogP contribution is -2.01. The monoisotopic (exact) mass is 224 g/mol. The number of benzene rings is 1. The van der Waals surface area contributed by atoms with Crippen LogP contribution in [-0.4, -0.2) is 34.2 Å². The van der Waals surface area contributed by atoms with Gasteiger partial charge in [0.1, 0.15) is 11.5 Å². The Labute approximate surface area is 95.1 Å². The largest absolute Gasteiger partial charge is 0.496 e. The molecule has 16 heavy (non-hydrogen) atoms. The molecule has 0 bridgehead atoms. The van der Waals surface area contributed by atoms with E-state index in [0.717, 1.165) is 18.3 Å². The molecule has 0 heterocycles. The molecule has 0 N–H and O–H groups in total. The van der Waals surface area contributed by atoms with Gasteiger partial charge in [0, 0.05) is 12.7 Å². The number of rotatable bonds is 6. The second-order valence-electron chi connectivity index (χ2n) is 3.27. The van der Waals surface area contributed by atoms with E-state index in [2.05, 4.69) is 0 Å². The fraction of sp³-hybridized carbons (Fsp3) is 0.417. The Balaban J connectivity index is 3.09. The van der Waals surface area contributed by atoms with E-state index in [1.165, 1.54) is 7.11 Å². The smallest absolute Gasteiger partial charge is 0.153 e. The lowest BCUT2D eigenvalue weighted by molar-refractivity contribution is 0.112. The Hall–Kier alpha value is -1.55. The SMILES string of the molecule is COCCc1cc(OC)c(C=O)cc1OC. The summed E-state index contributed by atoms with van der Waals surface area (Å²) < 4.78 is 15.4. The Morgan fingerprint density at radius 1 is 1.12 bits per heavy atom. The maximum Gasteiger partial charge on any atom is 0.153 e. The van der Waals surface area contributed by atoms with Gasteiger partial charge in [0.2, 0.25) is 0 Å². The second kappa shape index (κ2) is 6.12. The Kier molecular flexibility index (Phi) is 4.79. The molecular formula is C12H16O4. The summed E-state index contributed by atoms with van der Waals surface area (Å²) in [6.07, 6.45) is 1.47. The quantitative estimate of drug-likeness (QED) is 0.690. The molecule has 0 atom stereocenters. The molecule has 0 radical (unpaired) electrons. The van der Waals surface area contributed by atoms with Gasteiger partial charge in [-0.3, -0.25) is 4.79 Å². The van der Waals surface area contributed by atoms with Crippen LogP contribution in [0.4, 0.5) is 0 Å². The van der Waals surface area contributed by atoms with E-state index in [4.69, 9.17) is 14.2 Å². The molecule has 0 amide bonds. The highest BCUT2D eigenvalue weighted by atomic mass is 16.5. The zero-order valence-electron chi connectivity index (χ0n) is 9.78. The standard InChI is InChI=1S/C12H16O4/c1-14-5-4-9-6-12(16-3)10(8-13)7-11(9)15-2/h6-8H,4-5H2,1-3H3. The summed E-state index contributed by atoms with van der Waals surface area (Å²) in [4.78, 5) is 10.8. The number of carbonyl (C=O) groups is 1. The minimum atomic E-state index is 0.487. The summed E-state index contributed by atoms with van der Waals surface area (Å²) in [6, 6.07) is 3.48. The first-order valence-corrected chi connectivity index (χ1v) is 4.95. The van der Waals surface area contributed by atoms with Crippen molar-refractivity contribution < 1.29 is 19.0 Å². The van der Waals surface area contributed by atoms with Gasteiger partial charge in [-0.25, -0.2) is 0 Å². The average molecular weight is 224 g/mol. The first kappa shape index (κ1) is 12.5. The molecule has 1 aromatic rings. The lowest BCUT2D eigenvalue weighted by atomic mass is 10.1. The van der Waals surface area contributed by atoms with Crippen LogP contribution in [0, 0.1) is 0 Å². The summed E-state index contributed by atoms with van der Waals surface area (Å²) >= 11 is 0. The lowest BCUT2D eigenvalue weighted by Gasteiger charge is -2.12. The molecule has 0 saturated heterocycles. The van der Waals surface area contributed by atoms with E-state index in [1.807, 2.05) is 6.07 Å². The predicted molar refractivity (Wildman–Crippen MR) is 60.5 cm³/mol. The first-order chi connectivity index (χ1) is 7.76. The minimum absolute atomic E-state index is 0.487. The van der Waals surface area contributed by atoms with E-state index in [0.29, 0.717) is 23.7 Å². The van der Waals surface area contributed by atoms with Gasteiger partial charge in [-0.2, -0.15) is 0 Å². The van der Waals surface area contributed by atoms with Crippen molar-refractivity contribution >= 4 is 6.29 Å². The van der Waals surface area contributed by atoms with Crippen molar-refractivity contribution in [3.63, 3.8) is 0 Å². The molecule has 88 valence electrons. The molecule has 0 aliphatic carbocycles. The third-order valence-electron chi connectivity index (χ3n) is 2.34. The average Bonchev–Trinajstić information content (AvgIpc) is 2.35. The summed E-state index contributed by atoms with van der Waals surface area (Å²) in [6.45, 7) is 0.597. The van der Waals surface area contributed by atoms with Crippen LogP contribution >= 0.6 is 0 Å². The van der Waals surface area contributed by atoms with Crippen molar-refractivity contribution in [2.24, 2.45) is 0 Å². The molecule has 1 aromatic carbocycles. The summed E-state index contributed by atoms with van der Waals surface area (Å²) in [5.41, 5.74) is 1.45. The fourth-order valence-corrected chi connectivity index (χ4v) is 1.48. The number of hydrogen-bond acceptors (Lipinski definition) is 4. The molecule has 0 saturated carbocycles. The van der Waals surface area contributed by atoms with Gasteiger partial charge in [0.25, 0.3) is 0 Å². The first-order valence-electron chi connectivity index (χ1n) is 4.95. The summed E-state index contributed by atoms with van der Waals surface area (Å²) in [5, 5.41) is 0. The van der Waals surface area contributed by atoms with Crippen LogP contribution in [0.5, 0.6) is 11.5 Å². The van der Waals surface area contributed by atoms with Gasteiger partial charge in [-0.15, -0.1) is 0 Å². The molecule has 1 rings (SSSR count). The van der Waals surface area contributed by atoms with Crippen molar-refractivity contribution in [2.45, 2.75) is 6.42 Å². The van der Waals surface area contributed by atoms with E-state index in [1.54, 1.807) is 20.3 Å². The zero-order valence-corrected chi connectivity index (χ0v) is 9.78. The molecule has 0 unspecified atom stereocenters.